The molecular weight excluding hydrogens is 218 g/mol. The Morgan fingerprint density at radius 1 is 1.53 bits per heavy atom. The fourth-order valence-corrected chi connectivity index (χ4v) is 1.85. The molecule has 0 aromatic carbocycles. The molecule has 0 amide bonds. The van der Waals surface area contributed by atoms with Gasteiger partial charge in [-0.25, -0.2) is 4.98 Å². The van der Waals surface area contributed by atoms with Crippen LogP contribution in [0.15, 0.2) is 6.07 Å². The number of aromatic nitrogens is 2. The van der Waals surface area contributed by atoms with Crippen LogP contribution in [0.1, 0.15) is 25.6 Å². The molecule has 1 aliphatic rings. The van der Waals surface area contributed by atoms with Gasteiger partial charge in [0.15, 0.2) is 0 Å². The smallest absolute Gasteiger partial charge is 0.218 e. The van der Waals surface area contributed by atoms with E-state index >= 15 is 0 Å². The van der Waals surface area contributed by atoms with Crippen LogP contribution in [0.5, 0.6) is 5.88 Å². The third-order valence-corrected chi connectivity index (χ3v) is 2.81. The minimum absolute atomic E-state index is 0.307. The Balaban J connectivity index is 1.98. The lowest BCUT2D eigenvalue weighted by molar-refractivity contribution is 0.120. The van der Waals surface area contributed by atoms with Crippen molar-refractivity contribution in [2.45, 2.75) is 32.3 Å². The molecule has 1 unspecified atom stereocenters. The highest BCUT2D eigenvalue weighted by Gasteiger charge is 2.15. The van der Waals surface area contributed by atoms with Crippen LogP contribution in [-0.2, 0) is 11.2 Å². The van der Waals surface area contributed by atoms with Gasteiger partial charge in [0.1, 0.15) is 11.6 Å². The zero-order chi connectivity index (χ0) is 12.1. The molecule has 1 fully saturated rings. The molecule has 2 rings (SSSR count). The van der Waals surface area contributed by atoms with Crippen molar-refractivity contribution in [1.82, 2.24) is 9.97 Å². The van der Waals surface area contributed by atoms with Gasteiger partial charge in [0.25, 0.3) is 0 Å². The number of nitrogens with one attached hydrogen (secondary N) is 1. The van der Waals surface area contributed by atoms with Crippen molar-refractivity contribution in [2.75, 3.05) is 25.6 Å². The lowest BCUT2D eigenvalue weighted by Gasteiger charge is -2.12. The summed E-state index contributed by atoms with van der Waals surface area (Å²) in [5.74, 6) is 2.20. The van der Waals surface area contributed by atoms with E-state index in [1.807, 2.05) is 13.0 Å². The van der Waals surface area contributed by atoms with Crippen molar-refractivity contribution in [2.24, 2.45) is 0 Å². The first-order valence-electron chi connectivity index (χ1n) is 6.09. The number of methoxy groups -OCH3 is 1. The molecule has 0 saturated carbocycles. The van der Waals surface area contributed by atoms with E-state index in [0.717, 1.165) is 44.1 Å². The summed E-state index contributed by atoms with van der Waals surface area (Å²) in [5, 5.41) is 3.28. The van der Waals surface area contributed by atoms with Crippen LogP contribution in [0.3, 0.4) is 0 Å². The van der Waals surface area contributed by atoms with Crippen LogP contribution >= 0.6 is 0 Å². The molecule has 0 spiro atoms. The Morgan fingerprint density at radius 2 is 2.41 bits per heavy atom. The van der Waals surface area contributed by atoms with Gasteiger partial charge in [-0.05, 0) is 12.8 Å². The highest BCUT2D eigenvalue weighted by Crippen LogP contribution is 2.16. The first-order chi connectivity index (χ1) is 8.31. The molecule has 0 aliphatic carbocycles. The molecule has 1 aromatic heterocycles. The van der Waals surface area contributed by atoms with Crippen LogP contribution in [-0.4, -0.2) is 36.3 Å². The van der Waals surface area contributed by atoms with Gasteiger partial charge in [-0.3, -0.25) is 0 Å². The van der Waals surface area contributed by atoms with Crippen LogP contribution < -0.4 is 10.1 Å². The first-order valence-corrected chi connectivity index (χ1v) is 6.09. The molecule has 1 aliphatic heterocycles. The van der Waals surface area contributed by atoms with Crippen LogP contribution in [0.25, 0.3) is 0 Å². The summed E-state index contributed by atoms with van der Waals surface area (Å²) < 4.78 is 10.7. The van der Waals surface area contributed by atoms with Crippen LogP contribution in [0, 0.1) is 0 Å². The summed E-state index contributed by atoms with van der Waals surface area (Å²) in [6.45, 7) is 3.70. The Kier molecular flexibility index (Phi) is 4.14. The van der Waals surface area contributed by atoms with E-state index in [4.69, 9.17) is 9.47 Å². The number of hydrogen-bond donors (Lipinski definition) is 1. The van der Waals surface area contributed by atoms with Gasteiger partial charge in [-0.1, -0.05) is 6.92 Å². The summed E-state index contributed by atoms with van der Waals surface area (Å²) in [5.41, 5.74) is 0. The van der Waals surface area contributed by atoms with Gasteiger partial charge in [-0.2, -0.15) is 4.98 Å². The Morgan fingerprint density at radius 3 is 3.06 bits per heavy atom. The summed E-state index contributed by atoms with van der Waals surface area (Å²) in [4.78, 5) is 8.65. The Bertz CT molecular complexity index is 343. The van der Waals surface area contributed by atoms with Crippen LogP contribution in [0.2, 0.25) is 0 Å². The summed E-state index contributed by atoms with van der Waals surface area (Å²) >= 11 is 0. The van der Waals surface area contributed by atoms with E-state index in [2.05, 4.69) is 15.3 Å². The monoisotopic (exact) mass is 237 g/mol. The first kappa shape index (κ1) is 12.1. The van der Waals surface area contributed by atoms with E-state index in [9.17, 15) is 0 Å². The SMILES string of the molecule is CCc1nc(NCC2CCCO2)cc(OC)n1. The quantitative estimate of drug-likeness (QED) is 0.843. The van der Waals surface area contributed by atoms with Crippen molar-refractivity contribution in [3.8, 4) is 5.88 Å². The third kappa shape index (κ3) is 3.30. The maximum atomic E-state index is 5.55. The van der Waals surface area contributed by atoms with E-state index < -0.39 is 0 Å². The minimum Gasteiger partial charge on any atom is -0.481 e. The van der Waals surface area contributed by atoms with Crippen molar-refractivity contribution in [3.05, 3.63) is 11.9 Å². The van der Waals surface area contributed by atoms with E-state index in [-0.39, 0.29) is 0 Å². The van der Waals surface area contributed by atoms with Gasteiger partial charge in [0.05, 0.1) is 13.2 Å². The van der Waals surface area contributed by atoms with Crippen molar-refractivity contribution < 1.29 is 9.47 Å². The van der Waals surface area contributed by atoms with Crippen molar-refractivity contribution in [3.63, 3.8) is 0 Å². The lowest BCUT2D eigenvalue weighted by Crippen LogP contribution is -2.19. The largest absolute Gasteiger partial charge is 0.481 e. The number of aryl methyl sites for hydroxylation is 1. The second kappa shape index (κ2) is 5.82. The maximum absolute atomic E-state index is 5.55. The number of anilines is 1. The van der Waals surface area contributed by atoms with Gasteiger partial charge < -0.3 is 14.8 Å². The summed E-state index contributed by atoms with van der Waals surface area (Å²) in [6.07, 6.45) is 3.38. The number of nitrogens with zero attached hydrogens (tertiary/aromatic N) is 2. The molecule has 1 atom stereocenters. The predicted molar refractivity (Wildman–Crippen MR) is 65.4 cm³/mol. The highest BCUT2D eigenvalue weighted by atomic mass is 16.5. The molecular formula is C12H19N3O2. The third-order valence-electron chi connectivity index (χ3n) is 2.81. The number of ether oxygens (including phenoxy) is 2. The Hall–Kier alpha value is -1.36. The molecule has 0 radical (unpaired) electrons. The zero-order valence-electron chi connectivity index (χ0n) is 10.4. The topological polar surface area (TPSA) is 56.3 Å². The summed E-state index contributed by atoms with van der Waals surface area (Å²) in [6, 6.07) is 1.81. The zero-order valence-corrected chi connectivity index (χ0v) is 10.4. The highest BCUT2D eigenvalue weighted by molar-refractivity contribution is 5.38. The predicted octanol–water partition coefficient (Wildman–Crippen LogP) is 1.64. The maximum Gasteiger partial charge on any atom is 0.218 e. The van der Waals surface area contributed by atoms with Gasteiger partial charge in [0, 0.05) is 25.6 Å². The number of hydrogen-bond acceptors (Lipinski definition) is 5. The van der Waals surface area contributed by atoms with E-state index in [0.29, 0.717) is 12.0 Å². The minimum atomic E-state index is 0.307. The normalized spacial score (nSPS) is 19.3. The van der Waals surface area contributed by atoms with E-state index in [1.54, 1.807) is 7.11 Å². The number of rotatable bonds is 5. The van der Waals surface area contributed by atoms with Crippen molar-refractivity contribution >= 4 is 5.82 Å². The molecule has 94 valence electrons. The molecule has 5 heteroatoms. The fourth-order valence-electron chi connectivity index (χ4n) is 1.85. The molecule has 0 bridgehead atoms. The van der Waals surface area contributed by atoms with Gasteiger partial charge in [-0.15, -0.1) is 0 Å². The van der Waals surface area contributed by atoms with Gasteiger partial charge >= 0.3 is 0 Å². The molecule has 2 heterocycles. The lowest BCUT2D eigenvalue weighted by atomic mass is 10.2. The summed E-state index contributed by atoms with van der Waals surface area (Å²) in [7, 11) is 1.62. The second-order valence-corrected chi connectivity index (χ2v) is 4.08. The molecule has 1 aromatic rings. The molecule has 5 nitrogen and oxygen atoms in total. The molecule has 1 saturated heterocycles. The average molecular weight is 237 g/mol. The van der Waals surface area contributed by atoms with Crippen molar-refractivity contribution in [1.29, 1.82) is 0 Å². The van der Waals surface area contributed by atoms with Crippen LogP contribution in [0.4, 0.5) is 5.82 Å². The fraction of sp³-hybridized carbons (Fsp3) is 0.667. The van der Waals surface area contributed by atoms with Gasteiger partial charge in [0.2, 0.25) is 5.88 Å². The molecule has 17 heavy (non-hydrogen) atoms. The molecule has 1 N–H and O–H groups in total. The van der Waals surface area contributed by atoms with E-state index in [1.165, 1.54) is 0 Å². The average Bonchev–Trinajstić information content (AvgIpc) is 2.89. The standard InChI is InChI=1S/C12H19N3O2/c1-3-10-14-11(7-12(15-10)16-2)13-8-9-5-4-6-17-9/h7,9H,3-6,8H2,1-2H3,(H,13,14,15). The Labute approximate surface area is 102 Å². The second-order valence-electron chi connectivity index (χ2n) is 4.08.